The third-order valence-electron chi connectivity index (χ3n) is 1.67. The highest BCUT2D eigenvalue weighted by atomic mass is 79.9. The molecule has 0 unspecified atom stereocenters. The maximum absolute atomic E-state index is 10.1. The van der Waals surface area contributed by atoms with Crippen molar-refractivity contribution in [3.8, 4) is 0 Å². The van der Waals surface area contributed by atoms with Crippen molar-refractivity contribution in [1.82, 2.24) is 10.2 Å². The number of hydrogen-bond donors (Lipinski definition) is 1. The summed E-state index contributed by atoms with van der Waals surface area (Å²) in [6.07, 6.45) is 1.47. The summed E-state index contributed by atoms with van der Waals surface area (Å²) in [6.45, 7) is 0. The molecule has 0 saturated carbocycles. The third-order valence-corrected chi connectivity index (χ3v) is 2.33. The Hall–Kier alpha value is -1.45. The Bertz CT molecular complexity index is 499. The van der Waals surface area contributed by atoms with Gasteiger partial charge in [-0.2, -0.15) is 5.10 Å². The lowest BCUT2D eigenvalue weighted by molar-refractivity contribution is 0.565. The number of aromatic nitrogens is 2. The van der Waals surface area contributed by atoms with Gasteiger partial charge in [0.25, 0.3) is 0 Å². The number of halogens is 1. The van der Waals surface area contributed by atoms with Crippen molar-refractivity contribution in [3.05, 3.63) is 22.7 Å². The van der Waals surface area contributed by atoms with E-state index in [1.807, 2.05) is 18.2 Å². The van der Waals surface area contributed by atoms with E-state index in [4.69, 9.17) is 0 Å². The molecule has 1 aromatic heterocycles. The highest BCUT2D eigenvalue weighted by Crippen LogP contribution is 2.29. The monoisotopic (exact) mass is 237 g/mol. The fourth-order valence-corrected chi connectivity index (χ4v) is 1.68. The van der Waals surface area contributed by atoms with Gasteiger partial charge in [0, 0.05) is 4.47 Å². The van der Waals surface area contributed by atoms with Gasteiger partial charge in [-0.1, -0.05) is 6.07 Å². The lowest BCUT2D eigenvalue weighted by Gasteiger charge is -1.91. The zero-order chi connectivity index (χ0) is 9.26. The number of aliphatic imine (C=N–C) groups is 1. The summed E-state index contributed by atoms with van der Waals surface area (Å²) in [6, 6.07) is 5.56. The quantitative estimate of drug-likeness (QED) is 0.612. The number of nitrogens with one attached hydrogen (secondary N) is 1. The first-order valence-electron chi connectivity index (χ1n) is 3.53. The number of aromatic amines is 1. The SMILES string of the molecule is O=C=Nc1[nH]nc2cccc(Br)c12. The first-order chi connectivity index (χ1) is 6.33. The molecule has 0 spiro atoms. The first kappa shape index (κ1) is 8.16. The fourth-order valence-electron chi connectivity index (χ4n) is 1.14. The number of fused-ring (bicyclic) bond motifs is 1. The predicted molar refractivity (Wildman–Crippen MR) is 51.6 cm³/mol. The van der Waals surface area contributed by atoms with Crippen LogP contribution in [0.25, 0.3) is 10.9 Å². The Balaban J connectivity index is 2.85. The maximum Gasteiger partial charge on any atom is 0.242 e. The van der Waals surface area contributed by atoms with E-state index in [9.17, 15) is 4.79 Å². The van der Waals surface area contributed by atoms with E-state index in [0.717, 1.165) is 15.4 Å². The van der Waals surface area contributed by atoms with E-state index < -0.39 is 0 Å². The number of nitrogens with zero attached hydrogens (tertiary/aromatic N) is 2. The van der Waals surface area contributed by atoms with Crippen LogP contribution < -0.4 is 0 Å². The number of rotatable bonds is 1. The van der Waals surface area contributed by atoms with Gasteiger partial charge >= 0.3 is 0 Å². The van der Waals surface area contributed by atoms with Crippen LogP contribution in [0.5, 0.6) is 0 Å². The Morgan fingerprint density at radius 1 is 1.54 bits per heavy atom. The number of carbonyl (C=O) groups excluding carboxylic acids is 1. The van der Waals surface area contributed by atoms with Gasteiger partial charge in [-0.25, -0.2) is 4.79 Å². The molecule has 2 aromatic rings. The molecule has 0 atom stereocenters. The molecule has 64 valence electrons. The van der Waals surface area contributed by atoms with Crippen molar-refractivity contribution < 1.29 is 4.79 Å². The predicted octanol–water partition coefficient (Wildman–Crippen LogP) is 2.29. The van der Waals surface area contributed by atoms with Crippen LogP contribution >= 0.6 is 15.9 Å². The molecule has 0 radical (unpaired) electrons. The molecule has 0 aliphatic carbocycles. The number of isocyanates is 1. The lowest BCUT2D eigenvalue weighted by atomic mass is 10.2. The molecule has 13 heavy (non-hydrogen) atoms. The average molecular weight is 238 g/mol. The van der Waals surface area contributed by atoms with E-state index in [1.54, 1.807) is 0 Å². The minimum atomic E-state index is 0.428. The van der Waals surface area contributed by atoms with Gasteiger partial charge in [-0.3, -0.25) is 5.10 Å². The van der Waals surface area contributed by atoms with Crippen molar-refractivity contribution in [3.63, 3.8) is 0 Å². The molecule has 0 aliphatic heterocycles. The molecule has 0 fully saturated rings. The normalized spacial score (nSPS) is 9.92. The summed E-state index contributed by atoms with van der Waals surface area (Å²) in [5, 5.41) is 7.41. The molecule has 4 nitrogen and oxygen atoms in total. The van der Waals surface area contributed by atoms with Crippen molar-refractivity contribution in [2.45, 2.75) is 0 Å². The standard InChI is InChI=1S/C8H4BrN3O/c9-5-2-1-3-6-7(5)8(10-4-13)12-11-6/h1-3H,(H,11,12). The molecule has 0 aliphatic rings. The Kier molecular flexibility index (Phi) is 1.96. The molecule has 0 amide bonds. The summed E-state index contributed by atoms with van der Waals surface area (Å²) in [7, 11) is 0. The first-order valence-corrected chi connectivity index (χ1v) is 4.32. The van der Waals surface area contributed by atoms with Gasteiger partial charge in [-0.15, -0.1) is 4.99 Å². The zero-order valence-electron chi connectivity index (χ0n) is 6.41. The number of hydrogen-bond acceptors (Lipinski definition) is 3. The third kappa shape index (κ3) is 1.28. The van der Waals surface area contributed by atoms with E-state index in [1.165, 1.54) is 6.08 Å². The number of H-pyrrole nitrogens is 1. The van der Waals surface area contributed by atoms with Crippen LogP contribution in [0.1, 0.15) is 0 Å². The minimum Gasteiger partial charge on any atom is -0.259 e. The summed E-state index contributed by atoms with van der Waals surface area (Å²) < 4.78 is 0.854. The van der Waals surface area contributed by atoms with E-state index in [-0.39, 0.29) is 0 Å². The van der Waals surface area contributed by atoms with Crippen LogP contribution in [0.4, 0.5) is 5.82 Å². The van der Waals surface area contributed by atoms with Gasteiger partial charge in [0.1, 0.15) is 0 Å². The Morgan fingerprint density at radius 3 is 3.15 bits per heavy atom. The molecule has 0 saturated heterocycles. The van der Waals surface area contributed by atoms with Crippen LogP contribution in [0.2, 0.25) is 0 Å². The molecule has 1 aromatic carbocycles. The molecule has 1 N–H and O–H groups in total. The van der Waals surface area contributed by atoms with E-state index in [0.29, 0.717) is 5.82 Å². The Labute approximate surface area is 81.8 Å². The second-order valence-electron chi connectivity index (χ2n) is 2.41. The van der Waals surface area contributed by atoms with Gasteiger partial charge in [0.05, 0.1) is 10.9 Å². The fraction of sp³-hybridized carbons (Fsp3) is 0. The van der Waals surface area contributed by atoms with Crippen molar-refractivity contribution in [1.29, 1.82) is 0 Å². The van der Waals surface area contributed by atoms with Crippen LogP contribution in [-0.4, -0.2) is 16.3 Å². The van der Waals surface area contributed by atoms with E-state index >= 15 is 0 Å². The van der Waals surface area contributed by atoms with Crippen molar-refractivity contribution in [2.75, 3.05) is 0 Å². The van der Waals surface area contributed by atoms with E-state index in [2.05, 4.69) is 31.1 Å². The summed E-state index contributed by atoms with van der Waals surface area (Å²) >= 11 is 3.35. The molecule has 5 heteroatoms. The average Bonchev–Trinajstić information content (AvgIpc) is 2.51. The van der Waals surface area contributed by atoms with Crippen LogP contribution in [0, 0.1) is 0 Å². The largest absolute Gasteiger partial charge is 0.259 e. The van der Waals surface area contributed by atoms with Crippen LogP contribution in [-0.2, 0) is 4.79 Å². The summed E-state index contributed by atoms with van der Waals surface area (Å²) in [5.74, 6) is 0.428. The lowest BCUT2D eigenvalue weighted by Crippen LogP contribution is -1.68. The van der Waals surface area contributed by atoms with Gasteiger partial charge < -0.3 is 0 Å². The van der Waals surface area contributed by atoms with Crippen LogP contribution in [0.3, 0.4) is 0 Å². The second kappa shape index (κ2) is 3.12. The molecular formula is C8H4BrN3O. The topological polar surface area (TPSA) is 58.1 Å². The second-order valence-corrected chi connectivity index (χ2v) is 3.26. The number of benzene rings is 1. The summed E-state index contributed by atoms with van der Waals surface area (Å²) in [4.78, 5) is 13.6. The van der Waals surface area contributed by atoms with Gasteiger partial charge in [0.15, 0.2) is 5.82 Å². The maximum atomic E-state index is 10.1. The molecular weight excluding hydrogens is 234 g/mol. The van der Waals surface area contributed by atoms with Crippen molar-refractivity contribution >= 4 is 38.7 Å². The molecule has 1 heterocycles. The van der Waals surface area contributed by atoms with Gasteiger partial charge in [-0.05, 0) is 28.1 Å². The smallest absolute Gasteiger partial charge is 0.242 e. The zero-order valence-corrected chi connectivity index (χ0v) is 8.00. The highest BCUT2D eigenvalue weighted by Gasteiger charge is 2.06. The molecule has 2 rings (SSSR count). The Morgan fingerprint density at radius 2 is 2.38 bits per heavy atom. The van der Waals surface area contributed by atoms with Crippen molar-refractivity contribution in [2.24, 2.45) is 4.99 Å². The minimum absolute atomic E-state index is 0.428. The van der Waals surface area contributed by atoms with Gasteiger partial charge in [0.2, 0.25) is 6.08 Å². The van der Waals surface area contributed by atoms with Crippen LogP contribution in [0.15, 0.2) is 27.7 Å². The highest BCUT2D eigenvalue weighted by molar-refractivity contribution is 9.10. The summed E-state index contributed by atoms with van der Waals surface area (Å²) in [5.41, 5.74) is 0.767. The molecule has 0 bridgehead atoms.